The van der Waals surface area contributed by atoms with Gasteiger partial charge in [-0.3, -0.25) is 4.79 Å². The molecule has 1 aromatic rings. The summed E-state index contributed by atoms with van der Waals surface area (Å²) in [7, 11) is 4.71. The van der Waals surface area contributed by atoms with Crippen molar-refractivity contribution in [3.8, 4) is 17.2 Å². The molecule has 0 saturated heterocycles. The van der Waals surface area contributed by atoms with Gasteiger partial charge in [-0.05, 0) is 12.8 Å². The van der Waals surface area contributed by atoms with E-state index in [1.807, 2.05) is 12.1 Å². The van der Waals surface area contributed by atoms with Crippen LogP contribution in [0.2, 0.25) is 0 Å². The Labute approximate surface area is 118 Å². The predicted octanol–water partition coefficient (Wildman–Crippen LogP) is 2.76. The number of ketones is 1. The fourth-order valence-corrected chi connectivity index (χ4v) is 2.23. The number of allylic oxidation sites excluding steroid dienone is 2. The maximum atomic E-state index is 11.4. The molecule has 0 amide bonds. The summed E-state index contributed by atoms with van der Waals surface area (Å²) < 4.78 is 15.9. The Morgan fingerprint density at radius 2 is 1.65 bits per heavy atom. The second-order valence-corrected chi connectivity index (χ2v) is 4.53. The number of carbonyl (C=O) groups is 1. The molecule has 5 heteroatoms. The minimum atomic E-state index is 0.159. The highest BCUT2D eigenvalue weighted by molar-refractivity contribution is 5.91. The summed E-state index contributed by atoms with van der Waals surface area (Å²) in [5, 5.41) is 3.24. The van der Waals surface area contributed by atoms with Crippen molar-refractivity contribution in [3.63, 3.8) is 0 Å². The van der Waals surface area contributed by atoms with Crippen molar-refractivity contribution in [2.24, 2.45) is 0 Å². The van der Waals surface area contributed by atoms with Crippen molar-refractivity contribution in [1.29, 1.82) is 0 Å². The first-order valence-corrected chi connectivity index (χ1v) is 6.48. The van der Waals surface area contributed by atoms with Crippen LogP contribution in [0.5, 0.6) is 17.2 Å². The molecule has 5 nitrogen and oxygen atoms in total. The lowest BCUT2D eigenvalue weighted by Gasteiger charge is -2.18. The molecule has 0 fully saturated rings. The molecule has 0 bridgehead atoms. The van der Waals surface area contributed by atoms with Crippen LogP contribution in [0.4, 0.5) is 5.69 Å². The van der Waals surface area contributed by atoms with Crippen LogP contribution >= 0.6 is 0 Å². The number of carbonyl (C=O) groups excluding carboxylic acids is 1. The number of methoxy groups -OCH3 is 3. The van der Waals surface area contributed by atoms with Crippen LogP contribution in [0, 0.1) is 0 Å². The molecule has 0 atom stereocenters. The van der Waals surface area contributed by atoms with Gasteiger partial charge in [0.15, 0.2) is 17.3 Å². The molecule has 1 aromatic carbocycles. The zero-order chi connectivity index (χ0) is 14.5. The molecule has 108 valence electrons. The second-order valence-electron chi connectivity index (χ2n) is 4.53. The summed E-state index contributed by atoms with van der Waals surface area (Å²) in [6.07, 6.45) is 4.03. The van der Waals surface area contributed by atoms with Crippen molar-refractivity contribution in [1.82, 2.24) is 0 Å². The van der Waals surface area contributed by atoms with Crippen molar-refractivity contribution >= 4 is 11.5 Å². The standard InChI is InChI=1S/C15H19NO4/c1-18-13-8-11(9-14(19-2)15(13)20-3)16-10-5-4-6-12(17)7-10/h7-9,16H,4-6H2,1-3H3. The van der Waals surface area contributed by atoms with Crippen LogP contribution in [-0.4, -0.2) is 27.1 Å². The Balaban J connectivity index is 2.30. The van der Waals surface area contributed by atoms with Crippen LogP contribution in [0.1, 0.15) is 19.3 Å². The monoisotopic (exact) mass is 277 g/mol. The first-order chi connectivity index (χ1) is 9.67. The maximum absolute atomic E-state index is 11.4. The van der Waals surface area contributed by atoms with Gasteiger partial charge in [0, 0.05) is 36.0 Å². The van der Waals surface area contributed by atoms with Gasteiger partial charge in [-0.1, -0.05) is 0 Å². The SMILES string of the molecule is COc1cc(NC2=CC(=O)CCC2)cc(OC)c1OC. The highest BCUT2D eigenvalue weighted by Crippen LogP contribution is 2.40. The predicted molar refractivity (Wildman–Crippen MR) is 76.7 cm³/mol. The molecule has 0 saturated carbocycles. The quantitative estimate of drug-likeness (QED) is 0.896. The molecule has 0 radical (unpaired) electrons. The normalized spacial score (nSPS) is 14.6. The first-order valence-electron chi connectivity index (χ1n) is 6.48. The molecule has 0 unspecified atom stereocenters. The van der Waals surface area contributed by atoms with Gasteiger partial charge in [0.2, 0.25) is 5.75 Å². The number of rotatable bonds is 5. The van der Waals surface area contributed by atoms with Gasteiger partial charge in [0.1, 0.15) is 0 Å². The van der Waals surface area contributed by atoms with E-state index in [4.69, 9.17) is 14.2 Å². The largest absolute Gasteiger partial charge is 0.493 e. The van der Waals surface area contributed by atoms with Crippen molar-refractivity contribution in [2.45, 2.75) is 19.3 Å². The molecule has 0 aliphatic heterocycles. The van der Waals surface area contributed by atoms with Gasteiger partial charge in [-0.25, -0.2) is 0 Å². The minimum absolute atomic E-state index is 0.159. The van der Waals surface area contributed by atoms with Crippen molar-refractivity contribution in [3.05, 3.63) is 23.9 Å². The Kier molecular flexibility index (Phi) is 4.50. The lowest BCUT2D eigenvalue weighted by atomic mass is 10.0. The van der Waals surface area contributed by atoms with E-state index in [0.717, 1.165) is 24.2 Å². The van der Waals surface area contributed by atoms with E-state index in [-0.39, 0.29) is 5.78 Å². The minimum Gasteiger partial charge on any atom is -0.493 e. The average molecular weight is 277 g/mol. The van der Waals surface area contributed by atoms with E-state index in [2.05, 4.69) is 5.32 Å². The van der Waals surface area contributed by atoms with E-state index < -0.39 is 0 Å². The molecular formula is C15H19NO4. The molecule has 0 heterocycles. The summed E-state index contributed by atoms with van der Waals surface area (Å²) in [5.74, 6) is 1.87. The number of nitrogens with one attached hydrogen (secondary N) is 1. The number of ether oxygens (including phenoxy) is 3. The van der Waals surface area contributed by atoms with Crippen LogP contribution in [-0.2, 0) is 4.79 Å². The summed E-state index contributed by atoms with van der Waals surface area (Å²) in [5.41, 5.74) is 1.72. The fourth-order valence-electron chi connectivity index (χ4n) is 2.23. The van der Waals surface area contributed by atoms with Gasteiger partial charge in [-0.15, -0.1) is 0 Å². The third-order valence-corrected chi connectivity index (χ3v) is 3.17. The summed E-state index contributed by atoms with van der Waals surface area (Å²) in [6, 6.07) is 3.64. The number of hydrogen-bond donors (Lipinski definition) is 1. The Bertz CT molecular complexity index is 512. The van der Waals surface area contributed by atoms with Gasteiger partial charge in [0.25, 0.3) is 0 Å². The summed E-state index contributed by atoms with van der Waals surface area (Å²) in [4.78, 5) is 11.4. The van der Waals surface area contributed by atoms with E-state index in [0.29, 0.717) is 23.7 Å². The topological polar surface area (TPSA) is 56.8 Å². The summed E-state index contributed by atoms with van der Waals surface area (Å²) in [6.45, 7) is 0. The zero-order valence-electron chi connectivity index (χ0n) is 12.0. The molecule has 1 aliphatic rings. The van der Waals surface area contributed by atoms with Crippen molar-refractivity contribution < 1.29 is 19.0 Å². The molecule has 20 heavy (non-hydrogen) atoms. The lowest BCUT2D eigenvalue weighted by Crippen LogP contribution is -2.09. The number of benzene rings is 1. The number of hydrogen-bond acceptors (Lipinski definition) is 5. The highest BCUT2D eigenvalue weighted by atomic mass is 16.5. The molecule has 2 rings (SSSR count). The fraction of sp³-hybridized carbons (Fsp3) is 0.400. The molecular weight excluding hydrogens is 258 g/mol. The van der Waals surface area contributed by atoms with Gasteiger partial charge < -0.3 is 19.5 Å². The second kappa shape index (κ2) is 6.32. The first kappa shape index (κ1) is 14.2. The average Bonchev–Trinajstić information content (AvgIpc) is 2.46. The zero-order valence-corrected chi connectivity index (χ0v) is 12.0. The Hall–Kier alpha value is -2.17. The van der Waals surface area contributed by atoms with E-state index in [9.17, 15) is 4.79 Å². The van der Waals surface area contributed by atoms with Gasteiger partial charge >= 0.3 is 0 Å². The lowest BCUT2D eigenvalue weighted by molar-refractivity contribution is -0.115. The van der Waals surface area contributed by atoms with Crippen LogP contribution in [0.3, 0.4) is 0 Å². The number of anilines is 1. The molecule has 0 aromatic heterocycles. The van der Waals surface area contributed by atoms with Crippen LogP contribution < -0.4 is 19.5 Å². The third-order valence-electron chi connectivity index (χ3n) is 3.17. The Morgan fingerprint density at radius 3 is 2.15 bits per heavy atom. The summed E-state index contributed by atoms with van der Waals surface area (Å²) >= 11 is 0. The van der Waals surface area contributed by atoms with Crippen molar-refractivity contribution in [2.75, 3.05) is 26.6 Å². The van der Waals surface area contributed by atoms with Crippen LogP contribution in [0.15, 0.2) is 23.9 Å². The maximum Gasteiger partial charge on any atom is 0.203 e. The Morgan fingerprint density at radius 1 is 1.00 bits per heavy atom. The smallest absolute Gasteiger partial charge is 0.203 e. The van der Waals surface area contributed by atoms with E-state index in [1.165, 1.54) is 0 Å². The molecule has 0 spiro atoms. The molecule has 1 N–H and O–H groups in total. The molecule has 1 aliphatic carbocycles. The highest BCUT2D eigenvalue weighted by Gasteiger charge is 2.15. The van der Waals surface area contributed by atoms with E-state index in [1.54, 1.807) is 27.4 Å². The third kappa shape index (κ3) is 3.04. The van der Waals surface area contributed by atoms with Gasteiger partial charge in [0.05, 0.1) is 21.3 Å². The van der Waals surface area contributed by atoms with Crippen LogP contribution in [0.25, 0.3) is 0 Å². The van der Waals surface area contributed by atoms with Gasteiger partial charge in [-0.2, -0.15) is 0 Å². The van der Waals surface area contributed by atoms with E-state index >= 15 is 0 Å².